The highest BCUT2D eigenvalue weighted by molar-refractivity contribution is 6.20. The van der Waals surface area contributed by atoms with Crippen molar-refractivity contribution < 1.29 is 23.9 Å². The van der Waals surface area contributed by atoms with Crippen LogP contribution in [0, 0.1) is 11.3 Å². The van der Waals surface area contributed by atoms with E-state index in [2.05, 4.69) is 11.4 Å². The van der Waals surface area contributed by atoms with Gasteiger partial charge in [-0.2, -0.15) is 5.26 Å². The summed E-state index contributed by atoms with van der Waals surface area (Å²) in [5.41, 5.74) is -0.500. The van der Waals surface area contributed by atoms with Gasteiger partial charge in [-0.1, -0.05) is 37.5 Å². The van der Waals surface area contributed by atoms with Crippen LogP contribution >= 0.6 is 0 Å². The monoisotopic (exact) mass is 411 g/mol. The Morgan fingerprint density at radius 3 is 2.53 bits per heavy atom. The Hall–Kier alpha value is -3.34. The Morgan fingerprint density at radius 2 is 1.90 bits per heavy atom. The molecule has 3 rings (SSSR count). The minimum Gasteiger partial charge on any atom is -0.470 e. The van der Waals surface area contributed by atoms with Crippen molar-refractivity contribution in [1.29, 1.82) is 5.26 Å². The van der Waals surface area contributed by atoms with Crippen molar-refractivity contribution in [2.45, 2.75) is 50.7 Å². The summed E-state index contributed by atoms with van der Waals surface area (Å²) in [6, 6.07) is 11.2. The summed E-state index contributed by atoms with van der Waals surface area (Å²) in [5.74, 6) is -1.92. The van der Waals surface area contributed by atoms with E-state index in [4.69, 9.17) is 9.47 Å². The van der Waals surface area contributed by atoms with Gasteiger partial charge in [0.25, 0.3) is 5.91 Å². The summed E-state index contributed by atoms with van der Waals surface area (Å²) in [6.45, 7) is 1.16. The number of likely N-dealkylation sites (N-methyl/N-ethyl adjacent to an activating group) is 1. The number of Topliss-reactive ketones (excluding diaryl/α,β-unsaturated/α-hetero) is 1. The number of nitriles is 1. The van der Waals surface area contributed by atoms with Crippen LogP contribution in [0.25, 0.3) is 0 Å². The number of nitrogens with zero attached hydrogens (tertiary/aromatic N) is 2. The van der Waals surface area contributed by atoms with E-state index in [1.54, 1.807) is 31.3 Å². The van der Waals surface area contributed by atoms with Gasteiger partial charge in [-0.05, 0) is 31.9 Å². The average Bonchev–Trinajstić information content (AvgIpc) is 3.13. The van der Waals surface area contributed by atoms with Crippen LogP contribution in [0.1, 0.15) is 39.0 Å². The minimum atomic E-state index is -1.14. The zero-order chi connectivity index (χ0) is 21.7. The molecule has 0 aromatic heterocycles. The van der Waals surface area contributed by atoms with E-state index in [1.807, 2.05) is 6.07 Å². The lowest BCUT2D eigenvalue weighted by atomic mass is 9.81. The van der Waals surface area contributed by atoms with Crippen LogP contribution in [-0.4, -0.2) is 47.9 Å². The fourth-order valence-electron chi connectivity index (χ4n) is 3.78. The number of rotatable bonds is 6. The zero-order valence-corrected chi connectivity index (χ0v) is 17.1. The maximum Gasteiger partial charge on any atom is 0.348 e. The summed E-state index contributed by atoms with van der Waals surface area (Å²) in [6.07, 6.45) is 2.81. The zero-order valence-electron chi connectivity index (χ0n) is 17.1. The molecule has 30 heavy (non-hydrogen) atoms. The molecule has 1 aromatic carbocycles. The van der Waals surface area contributed by atoms with Crippen LogP contribution in [0.5, 0.6) is 0 Å². The van der Waals surface area contributed by atoms with Crippen molar-refractivity contribution in [3.05, 3.63) is 41.8 Å². The third-order valence-electron chi connectivity index (χ3n) is 5.58. The van der Waals surface area contributed by atoms with E-state index >= 15 is 0 Å². The van der Waals surface area contributed by atoms with Crippen molar-refractivity contribution in [3.8, 4) is 6.07 Å². The smallest absolute Gasteiger partial charge is 0.348 e. The predicted molar refractivity (Wildman–Crippen MR) is 108 cm³/mol. The lowest BCUT2D eigenvalue weighted by molar-refractivity contribution is -0.158. The van der Waals surface area contributed by atoms with E-state index in [0.29, 0.717) is 18.5 Å². The second kappa shape index (κ2) is 8.99. The highest BCUT2D eigenvalue weighted by Gasteiger charge is 2.41. The van der Waals surface area contributed by atoms with Gasteiger partial charge in [0.1, 0.15) is 5.54 Å². The Labute approximate surface area is 175 Å². The van der Waals surface area contributed by atoms with Crippen molar-refractivity contribution in [1.82, 2.24) is 4.90 Å². The van der Waals surface area contributed by atoms with E-state index in [9.17, 15) is 19.6 Å². The molecule has 1 saturated carbocycles. The predicted octanol–water partition coefficient (Wildman–Crippen LogP) is 2.53. The minimum absolute atomic E-state index is 0.00461. The first-order valence-electron chi connectivity index (χ1n) is 10.0. The van der Waals surface area contributed by atoms with E-state index in [0.717, 1.165) is 19.3 Å². The quantitative estimate of drug-likeness (QED) is 0.566. The number of benzene rings is 1. The van der Waals surface area contributed by atoms with Gasteiger partial charge in [0.2, 0.25) is 11.7 Å². The Kier molecular flexibility index (Phi) is 6.40. The molecule has 1 atom stereocenters. The van der Waals surface area contributed by atoms with Gasteiger partial charge in [-0.25, -0.2) is 4.79 Å². The van der Waals surface area contributed by atoms with Gasteiger partial charge >= 0.3 is 5.97 Å². The van der Waals surface area contributed by atoms with Gasteiger partial charge < -0.3 is 19.7 Å². The first-order valence-corrected chi connectivity index (χ1v) is 10.0. The highest BCUT2D eigenvalue weighted by atomic mass is 16.6. The Bertz CT molecular complexity index is 897. The number of amides is 1. The Morgan fingerprint density at radius 1 is 1.23 bits per heavy atom. The van der Waals surface area contributed by atoms with Gasteiger partial charge in [-0.15, -0.1) is 0 Å². The normalized spacial score (nSPS) is 18.8. The molecule has 1 aromatic rings. The molecule has 8 heteroatoms. The molecule has 1 aliphatic carbocycles. The molecule has 0 bridgehead atoms. The second-order valence-electron chi connectivity index (χ2n) is 7.56. The number of nitrogens with one attached hydrogen (secondary N) is 1. The lowest BCUT2D eigenvalue weighted by Gasteiger charge is -2.39. The standard InChI is InChI=1S/C22H25N3O5/c1-15(20(27)25(2)22(14-23)11-7-4-8-12-22)30-21(28)18-17(26)13-29-19(18)24-16-9-5-3-6-10-16/h3,5-6,9-10,15,24H,4,7-8,11-13H2,1-2H3/t15-/m0/s1. The molecule has 1 aliphatic heterocycles. The van der Waals surface area contributed by atoms with E-state index in [-0.39, 0.29) is 18.1 Å². The van der Waals surface area contributed by atoms with Crippen LogP contribution < -0.4 is 5.32 Å². The SMILES string of the molecule is C[C@H](OC(=O)C1=C(Nc2ccccc2)OCC1=O)C(=O)N(C)C1(C#N)CCCCC1. The molecule has 0 spiro atoms. The van der Waals surface area contributed by atoms with Crippen LogP contribution in [-0.2, 0) is 23.9 Å². The second-order valence-corrected chi connectivity index (χ2v) is 7.56. The van der Waals surface area contributed by atoms with Crippen LogP contribution in [0.3, 0.4) is 0 Å². The van der Waals surface area contributed by atoms with Crippen LogP contribution in [0.4, 0.5) is 5.69 Å². The molecule has 2 aliphatic rings. The number of ketones is 1. The molecule has 1 amide bonds. The number of hydrogen-bond donors (Lipinski definition) is 1. The number of hydrogen-bond acceptors (Lipinski definition) is 7. The fourth-order valence-corrected chi connectivity index (χ4v) is 3.78. The highest BCUT2D eigenvalue weighted by Crippen LogP contribution is 2.33. The lowest BCUT2D eigenvalue weighted by Crippen LogP contribution is -2.53. The Balaban J connectivity index is 1.72. The third kappa shape index (κ3) is 4.30. The van der Waals surface area contributed by atoms with Crippen molar-refractivity contribution >= 4 is 23.3 Å². The number of anilines is 1. The fraction of sp³-hybridized carbons (Fsp3) is 0.455. The van der Waals surface area contributed by atoms with Gasteiger partial charge in [0, 0.05) is 12.7 Å². The molecule has 1 heterocycles. The third-order valence-corrected chi connectivity index (χ3v) is 5.58. The van der Waals surface area contributed by atoms with Crippen molar-refractivity contribution in [2.24, 2.45) is 0 Å². The van der Waals surface area contributed by atoms with Gasteiger partial charge in [0.05, 0.1) is 6.07 Å². The summed E-state index contributed by atoms with van der Waals surface area (Å²) in [5, 5.41) is 12.6. The molecule has 0 saturated heterocycles. The first kappa shape index (κ1) is 21.4. The molecular formula is C22H25N3O5. The molecule has 0 radical (unpaired) electrons. The maximum absolute atomic E-state index is 12.9. The molecular weight excluding hydrogens is 386 g/mol. The van der Waals surface area contributed by atoms with Gasteiger partial charge in [0.15, 0.2) is 18.3 Å². The molecule has 1 N–H and O–H groups in total. The van der Waals surface area contributed by atoms with Crippen molar-refractivity contribution in [3.63, 3.8) is 0 Å². The van der Waals surface area contributed by atoms with Crippen molar-refractivity contribution in [2.75, 3.05) is 19.0 Å². The number of para-hydroxylation sites is 1. The van der Waals surface area contributed by atoms with E-state index < -0.39 is 29.3 Å². The summed E-state index contributed by atoms with van der Waals surface area (Å²) < 4.78 is 10.6. The number of ether oxygens (including phenoxy) is 2. The summed E-state index contributed by atoms with van der Waals surface area (Å²) in [4.78, 5) is 39.1. The molecule has 8 nitrogen and oxygen atoms in total. The summed E-state index contributed by atoms with van der Waals surface area (Å²) >= 11 is 0. The topological polar surface area (TPSA) is 109 Å². The van der Waals surface area contributed by atoms with E-state index in [1.165, 1.54) is 11.8 Å². The van der Waals surface area contributed by atoms with Crippen LogP contribution in [0.2, 0.25) is 0 Å². The number of esters is 1. The van der Waals surface area contributed by atoms with Gasteiger partial charge in [-0.3, -0.25) is 9.59 Å². The van der Waals surface area contributed by atoms with Crippen LogP contribution in [0.15, 0.2) is 41.8 Å². The number of carbonyl (C=O) groups is 3. The molecule has 158 valence electrons. The summed E-state index contributed by atoms with van der Waals surface area (Å²) in [7, 11) is 1.56. The molecule has 0 unspecified atom stereocenters. The maximum atomic E-state index is 12.9. The largest absolute Gasteiger partial charge is 0.470 e. The molecule has 1 fully saturated rings. The number of carbonyl (C=O) groups excluding carboxylic acids is 3. The average molecular weight is 411 g/mol. The first-order chi connectivity index (χ1) is 14.4.